The van der Waals surface area contributed by atoms with Crippen LogP contribution in [0, 0.1) is 5.82 Å². The van der Waals surface area contributed by atoms with Crippen LogP contribution in [0.3, 0.4) is 0 Å². The van der Waals surface area contributed by atoms with Gasteiger partial charge in [-0.05, 0) is 18.2 Å². The van der Waals surface area contributed by atoms with Crippen LogP contribution in [0.2, 0.25) is 5.02 Å². The highest BCUT2D eigenvalue weighted by Gasteiger charge is 2.41. The average Bonchev–Trinajstić information content (AvgIpc) is 3.03. The average molecular weight is 411 g/mol. The van der Waals surface area contributed by atoms with Crippen LogP contribution >= 0.6 is 22.9 Å². The molecule has 0 aliphatic carbocycles. The van der Waals surface area contributed by atoms with Gasteiger partial charge in [-0.15, -0.1) is 11.3 Å². The molecule has 0 saturated carbocycles. The van der Waals surface area contributed by atoms with E-state index in [-0.39, 0.29) is 17.1 Å². The maximum absolute atomic E-state index is 13.2. The van der Waals surface area contributed by atoms with E-state index in [1.54, 1.807) is 5.32 Å². The van der Waals surface area contributed by atoms with Crippen LogP contribution in [-0.4, -0.2) is 36.2 Å². The van der Waals surface area contributed by atoms with E-state index in [9.17, 15) is 27.2 Å². The van der Waals surface area contributed by atoms with Crippen molar-refractivity contribution < 1.29 is 31.9 Å². The fraction of sp³-hybridized carbons (Fsp3) is 0.267. The molecule has 1 amide bonds. The summed E-state index contributed by atoms with van der Waals surface area (Å²) >= 11 is 6.83. The van der Waals surface area contributed by atoms with Crippen molar-refractivity contribution in [3.05, 3.63) is 40.1 Å². The molecule has 0 aliphatic heterocycles. The molecule has 0 aliphatic rings. The Morgan fingerprint density at radius 3 is 2.65 bits per heavy atom. The molecule has 140 valence electrons. The molecular formula is C15H11ClF4N2O3S. The molecule has 1 aromatic heterocycles. The normalized spacial score (nSPS) is 12.5. The zero-order chi connectivity index (χ0) is 19.5. The van der Waals surface area contributed by atoms with Crippen LogP contribution < -0.4 is 5.32 Å². The van der Waals surface area contributed by atoms with Gasteiger partial charge in [-0.3, -0.25) is 4.79 Å². The number of ether oxygens (including phenoxy) is 1. The van der Waals surface area contributed by atoms with Crippen molar-refractivity contribution >= 4 is 34.8 Å². The zero-order valence-corrected chi connectivity index (χ0v) is 14.6. The van der Waals surface area contributed by atoms with Crippen molar-refractivity contribution in [2.75, 3.05) is 7.11 Å². The number of esters is 1. The van der Waals surface area contributed by atoms with Gasteiger partial charge in [0, 0.05) is 17.4 Å². The van der Waals surface area contributed by atoms with Gasteiger partial charge >= 0.3 is 18.1 Å². The predicted octanol–water partition coefficient (Wildman–Crippen LogP) is 3.37. The first kappa shape index (κ1) is 20.1. The summed E-state index contributed by atoms with van der Waals surface area (Å²) in [5.41, 5.74) is 0.755. The minimum absolute atomic E-state index is 0.107. The van der Waals surface area contributed by atoms with Crippen molar-refractivity contribution in [3.63, 3.8) is 0 Å². The minimum Gasteiger partial charge on any atom is -0.467 e. The highest BCUT2D eigenvalue weighted by molar-refractivity contribution is 7.13. The third kappa shape index (κ3) is 4.92. The molecule has 0 bridgehead atoms. The smallest absolute Gasteiger partial charge is 0.467 e. The standard InChI is InChI=1S/C15H11ClF4N2O3S/c1-25-13(23)11(22-14(24)15(18,19)20)5-8-6-26-12(21-8)7-2-3-10(17)9(16)4-7/h2-4,6,11H,5H2,1H3,(H,22,24)/t11-/m0/s1. The third-order valence-corrected chi connectivity index (χ3v) is 4.41. The molecule has 0 radical (unpaired) electrons. The number of thiazole rings is 1. The Kier molecular flexibility index (Phi) is 6.19. The number of carbonyl (C=O) groups is 2. The van der Waals surface area contributed by atoms with Gasteiger partial charge in [0.25, 0.3) is 0 Å². The quantitative estimate of drug-likeness (QED) is 0.606. The minimum atomic E-state index is -5.13. The summed E-state index contributed by atoms with van der Waals surface area (Å²) in [7, 11) is 0.988. The molecular weight excluding hydrogens is 400 g/mol. The summed E-state index contributed by atoms with van der Waals surface area (Å²) < 4.78 is 54.8. The first-order chi connectivity index (χ1) is 12.1. The Morgan fingerprint density at radius 2 is 2.08 bits per heavy atom. The van der Waals surface area contributed by atoms with Crippen molar-refractivity contribution in [1.82, 2.24) is 10.3 Å². The molecule has 5 nitrogen and oxygen atoms in total. The summed E-state index contributed by atoms with van der Waals surface area (Å²) in [6.45, 7) is 0. The first-order valence-corrected chi connectivity index (χ1v) is 8.23. The lowest BCUT2D eigenvalue weighted by molar-refractivity contribution is -0.175. The molecule has 2 aromatic rings. The van der Waals surface area contributed by atoms with Gasteiger partial charge < -0.3 is 10.1 Å². The number of carbonyl (C=O) groups excluding carboxylic acids is 2. The van der Waals surface area contributed by atoms with Crippen LogP contribution in [0.4, 0.5) is 17.6 Å². The molecule has 1 atom stereocenters. The number of halogens is 5. The van der Waals surface area contributed by atoms with Crippen molar-refractivity contribution in [2.45, 2.75) is 18.6 Å². The Balaban J connectivity index is 2.18. The van der Waals surface area contributed by atoms with Crippen LogP contribution in [-0.2, 0) is 20.7 Å². The molecule has 11 heteroatoms. The highest BCUT2D eigenvalue weighted by atomic mass is 35.5. The topological polar surface area (TPSA) is 68.3 Å². The molecule has 26 heavy (non-hydrogen) atoms. The molecule has 0 fully saturated rings. The second kappa shape index (κ2) is 8.00. The molecule has 0 saturated heterocycles. The third-order valence-electron chi connectivity index (χ3n) is 3.18. The van der Waals surface area contributed by atoms with E-state index < -0.39 is 29.9 Å². The zero-order valence-electron chi connectivity index (χ0n) is 13.1. The van der Waals surface area contributed by atoms with E-state index in [0.717, 1.165) is 24.5 Å². The number of aromatic nitrogens is 1. The first-order valence-electron chi connectivity index (χ1n) is 6.97. The monoisotopic (exact) mass is 410 g/mol. The Labute approximate surface area is 153 Å². The number of amides is 1. The number of hydrogen-bond acceptors (Lipinski definition) is 5. The van der Waals surface area contributed by atoms with E-state index in [1.165, 1.54) is 17.5 Å². The molecule has 0 unspecified atom stereocenters. The number of alkyl halides is 3. The SMILES string of the molecule is COC(=O)[C@H](Cc1csc(-c2ccc(F)c(Cl)c2)n1)NC(=O)C(F)(F)F. The van der Waals surface area contributed by atoms with Crippen molar-refractivity contribution in [1.29, 1.82) is 0 Å². The number of rotatable bonds is 5. The predicted molar refractivity (Wildman–Crippen MR) is 86.2 cm³/mol. The van der Waals surface area contributed by atoms with E-state index >= 15 is 0 Å². The summed E-state index contributed by atoms with van der Waals surface area (Å²) in [5, 5.41) is 3.40. The van der Waals surface area contributed by atoms with Gasteiger partial charge in [-0.2, -0.15) is 13.2 Å². The maximum Gasteiger partial charge on any atom is 0.471 e. The van der Waals surface area contributed by atoms with Gasteiger partial charge in [0.2, 0.25) is 0 Å². The molecule has 1 N–H and O–H groups in total. The molecule has 1 heterocycles. The Bertz CT molecular complexity index is 825. The summed E-state index contributed by atoms with van der Waals surface area (Å²) in [4.78, 5) is 26.9. The van der Waals surface area contributed by atoms with Crippen molar-refractivity contribution in [2.24, 2.45) is 0 Å². The lowest BCUT2D eigenvalue weighted by Crippen LogP contribution is -2.48. The second-order valence-corrected chi connectivity index (χ2v) is 6.29. The maximum atomic E-state index is 13.2. The molecule has 1 aromatic carbocycles. The van der Waals surface area contributed by atoms with Crippen LogP contribution in [0.1, 0.15) is 5.69 Å². The number of methoxy groups -OCH3 is 1. The summed E-state index contributed by atoms with van der Waals surface area (Å²) in [6.07, 6.45) is -5.44. The second-order valence-electron chi connectivity index (χ2n) is 5.02. The fourth-order valence-electron chi connectivity index (χ4n) is 1.95. The van der Waals surface area contributed by atoms with Gasteiger partial charge in [0.15, 0.2) is 0 Å². The van der Waals surface area contributed by atoms with E-state index in [1.807, 2.05) is 0 Å². The number of hydrogen-bond donors (Lipinski definition) is 1. The van der Waals surface area contributed by atoms with Gasteiger partial charge in [-0.25, -0.2) is 14.2 Å². The molecule has 0 spiro atoms. The van der Waals surface area contributed by atoms with Gasteiger partial charge in [0.05, 0.1) is 17.8 Å². The van der Waals surface area contributed by atoms with E-state index in [4.69, 9.17) is 11.6 Å². The van der Waals surface area contributed by atoms with Crippen LogP contribution in [0.5, 0.6) is 0 Å². The van der Waals surface area contributed by atoms with Crippen LogP contribution in [0.15, 0.2) is 23.6 Å². The lowest BCUT2D eigenvalue weighted by atomic mass is 10.1. The Morgan fingerprint density at radius 1 is 1.38 bits per heavy atom. The van der Waals surface area contributed by atoms with Crippen LogP contribution in [0.25, 0.3) is 10.6 Å². The van der Waals surface area contributed by atoms with E-state index in [2.05, 4.69) is 9.72 Å². The van der Waals surface area contributed by atoms with Gasteiger partial charge in [-0.1, -0.05) is 11.6 Å². The fourth-order valence-corrected chi connectivity index (χ4v) is 2.96. The highest BCUT2D eigenvalue weighted by Crippen LogP contribution is 2.28. The lowest BCUT2D eigenvalue weighted by Gasteiger charge is -2.16. The Hall–Kier alpha value is -2.20. The number of nitrogens with one attached hydrogen (secondary N) is 1. The van der Waals surface area contributed by atoms with Gasteiger partial charge in [0.1, 0.15) is 16.9 Å². The summed E-state index contributed by atoms with van der Waals surface area (Å²) in [6, 6.07) is 2.39. The summed E-state index contributed by atoms with van der Waals surface area (Å²) in [5.74, 6) is -3.90. The van der Waals surface area contributed by atoms with E-state index in [0.29, 0.717) is 10.6 Å². The number of nitrogens with zero attached hydrogens (tertiary/aromatic N) is 1. The van der Waals surface area contributed by atoms with Crippen molar-refractivity contribution in [3.8, 4) is 10.6 Å². The largest absolute Gasteiger partial charge is 0.471 e. The molecule has 2 rings (SSSR count). The number of benzene rings is 1.